The number of benzene rings is 3. The van der Waals surface area contributed by atoms with E-state index >= 15 is 0 Å². The maximum atomic E-state index is 12.7. The van der Waals surface area contributed by atoms with Crippen LogP contribution in [0.5, 0.6) is 0 Å². The molecule has 165 valence electrons. The van der Waals surface area contributed by atoms with E-state index in [2.05, 4.69) is 58.7 Å². The summed E-state index contributed by atoms with van der Waals surface area (Å²) in [4.78, 5) is 15.3. The van der Waals surface area contributed by atoms with Crippen molar-refractivity contribution in [1.82, 2.24) is 10.2 Å². The number of nitrogens with zero attached hydrogens (tertiary/aromatic N) is 1. The summed E-state index contributed by atoms with van der Waals surface area (Å²) >= 11 is 0. The van der Waals surface area contributed by atoms with E-state index in [1.165, 1.54) is 29.5 Å². The maximum Gasteiger partial charge on any atom is 0.220 e. The van der Waals surface area contributed by atoms with E-state index < -0.39 is 0 Å². The molecular weight excluding hydrogens is 392 g/mol. The number of likely N-dealkylation sites (tertiary alicyclic amines) is 1. The Bertz CT molecular complexity index is 895. The molecule has 1 aliphatic rings. The standard InChI is InChI=1S/C29H33N2O/c32-29(23-28(26-13-6-2-7-14-26)27-15-8-3-9-16-27)30-19-10-20-31-21-17-25(18-22-31)24-11-4-1-5-12-24/h1-4,6-9,11-16,25,28H,10,17-23H2,(H,30,32). The van der Waals surface area contributed by atoms with Gasteiger partial charge in [-0.3, -0.25) is 4.79 Å². The van der Waals surface area contributed by atoms with Crippen LogP contribution in [0.2, 0.25) is 0 Å². The molecule has 1 aliphatic heterocycles. The molecule has 0 atom stereocenters. The van der Waals surface area contributed by atoms with Crippen LogP contribution in [0.4, 0.5) is 0 Å². The Morgan fingerprint density at radius 3 is 2.19 bits per heavy atom. The van der Waals surface area contributed by atoms with Crippen molar-refractivity contribution in [3.8, 4) is 0 Å². The van der Waals surface area contributed by atoms with E-state index in [0.29, 0.717) is 12.3 Å². The molecular formula is C29H33N2O. The number of carbonyl (C=O) groups excluding carboxylic acids is 1. The fourth-order valence-corrected chi connectivity index (χ4v) is 4.74. The fraction of sp³-hybridized carbons (Fsp3) is 0.345. The molecule has 4 rings (SSSR count). The lowest BCUT2D eigenvalue weighted by Gasteiger charge is -2.32. The Kier molecular flexibility index (Phi) is 8.11. The zero-order valence-electron chi connectivity index (χ0n) is 18.7. The minimum atomic E-state index is 0.0895. The zero-order valence-corrected chi connectivity index (χ0v) is 18.7. The van der Waals surface area contributed by atoms with Gasteiger partial charge in [0.15, 0.2) is 0 Å². The van der Waals surface area contributed by atoms with E-state index in [9.17, 15) is 4.79 Å². The second-order valence-corrected chi connectivity index (χ2v) is 8.73. The van der Waals surface area contributed by atoms with E-state index in [-0.39, 0.29) is 11.8 Å². The molecule has 1 radical (unpaired) electrons. The largest absolute Gasteiger partial charge is 0.356 e. The zero-order chi connectivity index (χ0) is 22.0. The molecule has 0 aliphatic carbocycles. The number of rotatable bonds is 9. The topological polar surface area (TPSA) is 32.3 Å². The Labute approximate surface area is 192 Å². The number of carbonyl (C=O) groups is 1. The number of amides is 1. The van der Waals surface area contributed by atoms with E-state index in [0.717, 1.165) is 32.6 Å². The minimum absolute atomic E-state index is 0.0895. The van der Waals surface area contributed by atoms with Gasteiger partial charge in [-0.1, -0.05) is 84.9 Å². The van der Waals surface area contributed by atoms with Crippen molar-refractivity contribution in [3.63, 3.8) is 0 Å². The van der Waals surface area contributed by atoms with Crippen molar-refractivity contribution in [2.45, 2.75) is 37.5 Å². The molecule has 0 unspecified atom stereocenters. The first-order valence-electron chi connectivity index (χ1n) is 11.8. The molecule has 0 spiro atoms. The molecule has 1 saturated heterocycles. The number of nitrogens with one attached hydrogen (secondary N) is 1. The summed E-state index contributed by atoms with van der Waals surface area (Å²) in [6.45, 7) is 4.06. The molecule has 3 nitrogen and oxygen atoms in total. The highest BCUT2D eigenvalue weighted by Gasteiger charge is 2.20. The van der Waals surface area contributed by atoms with Crippen LogP contribution in [-0.4, -0.2) is 37.0 Å². The summed E-state index contributed by atoms with van der Waals surface area (Å²) < 4.78 is 0. The average molecular weight is 426 g/mol. The third-order valence-corrected chi connectivity index (χ3v) is 6.56. The predicted molar refractivity (Wildman–Crippen MR) is 131 cm³/mol. The first-order valence-corrected chi connectivity index (χ1v) is 11.8. The van der Waals surface area contributed by atoms with Crippen LogP contribution in [0.1, 0.15) is 54.2 Å². The summed E-state index contributed by atoms with van der Waals surface area (Å²) in [5.41, 5.74) is 3.80. The van der Waals surface area contributed by atoms with Gasteiger partial charge in [0, 0.05) is 18.9 Å². The van der Waals surface area contributed by atoms with Gasteiger partial charge in [0.2, 0.25) is 5.91 Å². The van der Waals surface area contributed by atoms with Gasteiger partial charge in [0.25, 0.3) is 0 Å². The molecule has 0 saturated carbocycles. The molecule has 0 bridgehead atoms. The van der Waals surface area contributed by atoms with Gasteiger partial charge < -0.3 is 10.2 Å². The lowest BCUT2D eigenvalue weighted by molar-refractivity contribution is -0.121. The highest BCUT2D eigenvalue weighted by atomic mass is 16.1. The Morgan fingerprint density at radius 2 is 1.59 bits per heavy atom. The third-order valence-electron chi connectivity index (χ3n) is 6.56. The quantitative estimate of drug-likeness (QED) is 0.466. The van der Waals surface area contributed by atoms with Gasteiger partial charge in [-0.15, -0.1) is 0 Å². The van der Waals surface area contributed by atoms with Crippen LogP contribution in [0.25, 0.3) is 0 Å². The van der Waals surface area contributed by atoms with Crippen molar-refractivity contribution in [1.29, 1.82) is 0 Å². The molecule has 1 N–H and O–H groups in total. The third kappa shape index (κ3) is 6.30. The van der Waals surface area contributed by atoms with Gasteiger partial charge in [0.1, 0.15) is 0 Å². The first-order chi connectivity index (χ1) is 15.8. The van der Waals surface area contributed by atoms with Crippen LogP contribution >= 0.6 is 0 Å². The Balaban J connectivity index is 1.20. The van der Waals surface area contributed by atoms with Crippen LogP contribution in [0.3, 0.4) is 0 Å². The highest BCUT2D eigenvalue weighted by molar-refractivity contribution is 5.77. The smallest absolute Gasteiger partial charge is 0.220 e. The number of hydrogen-bond acceptors (Lipinski definition) is 2. The summed E-state index contributed by atoms with van der Waals surface area (Å²) in [6.07, 6.45) is 3.89. The second kappa shape index (κ2) is 11.6. The summed E-state index contributed by atoms with van der Waals surface area (Å²) in [7, 11) is 0. The van der Waals surface area contributed by atoms with Crippen LogP contribution < -0.4 is 5.32 Å². The monoisotopic (exact) mass is 425 g/mol. The lowest BCUT2D eigenvalue weighted by atomic mass is 9.88. The van der Waals surface area contributed by atoms with Crippen molar-refractivity contribution in [2.75, 3.05) is 26.2 Å². The predicted octanol–water partition coefficient (Wildman–Crippen LogP) is 5.39. The van der Waals surface area contributed by atoms with Crippen molar-refractivity contribution in [3.05, 3.63) is 108 Å². The molecule has 32 heavy (non-hydrogen) atoms. The van der Waals surface area contributed by atoms with Crippen LogP contribution in [0.15, 0.2) is 84.9 Å². The number of piperidine rings is 1. The summed E-state index contributed by atoms with van der Waals surface area (Å²) in [5, 5.41) is 3.16. The minimum Gasteiger partial charge on any atom is -0.356 e. The molecule has 1 heterocycles. The van der Waals surface area contributed by atoms with Gasteiger partial charge >= 0.3 is 0 Å². The van der Waals surface area contributed by atoms with E-state index in [1.54, 1.807) is 0 Å². The van der Waals surface area contributed by atoms with Gasteiger partial charge in [-0.05, 0) is 67.6 Å². The Hall–Kier alpha value is -2.91. The van der Waals surface area contributed by atoms with Crippen molar-refractivity contribution >= 4 is 5.91 Å². The SMILES string of the molecule is O=C(CC(c1ccccc1)c1ccccc1)NCCCN1CCC(c2c[c]ccc2)CC1. The summed E-state index contributed by atoms with van der Waals surface area (Å²) in [5.74, 6) is 0.879. The second-order valence-electron chi connectivity index (χ2n) is 8.73. The van der Waals surface area contributed by atoms with Crippen molar-refractivity contribution in [2.24, 2.45) is 0 Å². The maximum absolute atomic E-state index is 12.7. The molecule has 3 aromatic rings. The van der Waals surface area contributed by atoms with Gasteiger partial charge in [-0.25, -0.2) is 0 Å². The van der Waals surface area contributed by atoms with Gasteiger partial charge in [-0.2, -0.15) is 0 Å². The first kappa shape index (κ1) is 22.3. The van der Waals surface area contributed by atoms with Crippen molar-refractivity contribution < 1.29 is 4.79 Å². The molecule has 1 amide bonds. The van der Waals surface area contributed by atoms with Crippen LogP contribution in [-0.2, 0) is 4.79 Å². The highest BCUT2D eigenvalue weighted by Crippen LogP contribution is 2.28. The van der Waals surface area contributed by atoms with E-state index in [1.807, 2.05) is 42.5 Å². The summed E-state index contributed by atoms with van der Waals surface area (Å²) in [6, 6.07) is 32.3. The molecule has 0 aromatic heterocycles. The normalized spacial score (nSPS) is 15.0. The fourth-order valence-electron chi connectivity index (χ4n) is 4.74. The Morgan fingerprint density at radius 1 is 0.938 bits per heavy atom. The number of hydrogen-bond donors (Lipinski definition) is 1. The average Bonchev–Trinajstić information content (AvgIpc) is 2.87. The molecule has 1 fully saturated rings. The molecule has 3 aromatic carbocycles. The van der Waals surface area contributed by atoms with Gasteiger partial charge in [0.05, 0.1) is 0 Å². The van der Waals surface area contributed by atoms with E-state index in [4.69, 9.17) is 0 Å². The lowest BCUT2D eigenvalue weighted by Crippen LogP contribution is -2.35. The van der Waals surface area contributed by atoms with Crippen LogP contribution in [0, 0.1) is 6.07 Å². The molecule has 3 heteroatoms.